The molecule has 2 unspecified atom stereocenters. The average Bonchev–Trinajstić information content (AvgIpc) is 2.91. The second-order valence-electron chi connectivity index (χ2n) is 8.99. The number of nitriles is 1. The third kappa shape index (κ3) is 6.49. The first kappa shape index (κ1) is 25.0. The molecule has 0 heterocycles. The van der Waals surface area contributed by atoms with Gasteiger partial charge >= 0.3 is 0 Å². The van der Waals surface area contributed by atoms with Crippen LogP contribution in [-0.2, 0) is 11.3 Å². The topological polar surface area (TPSA) is 108 Å². The van der Waals surface area contributed by atoms with Gasteiger partial charge in [-0.2, -0.15) is 5.26 Å². The van der Waals surface area contributed by atoms with Crippen molar-refractivity contribution >= 4 is 17.5 Å². The van der Waals surface area contributed by atoms with E-state index in [1.54, 1.807) is 36.4 Å². The first-order chi connectivity index (χ1) is 17.5. The minimum Gasteiger partial charge on any atom is -0.484 e. The van der Waals surface area contributed by atoms with Crippen LogP contribution in [-0.4, -0.2) is 35.4 Å². The molecule has 1 fully saturated rings. The third-order valence-corrected chi connectivity index (χ3v) is 6.38. The number of hydrogen-bond donors (Lipinski definition) is 2. The van der Waals surface area contributed by atoms with Crippen LogP contribution >= 0.6 is 0 Å². The number of anilines is 1. The van der Waals surface area contributed by atoms with Gasteiger partial charge in [-0.25, -0.2) is 0 Å². The van der Waals surface area contributed by atoms with Crippen LogP contribution in [0.15, 0.2) is 78.9 Å². The third-order valence-electron chi connectivity index (χ3n) is 6.38. The quantitative estimate of drug-likeness (QED) is 0.492. The van der Waals surface area contributed by atoms with Crippen molar-refractivity contribution in [3.05, 3.63) is 95.6 Å². The molecule has 2 atom stereocenters. The number of carbonyl (C=O) groups excluding carboxylic acids is 2. The molecule has 0 radical (unpaired) electrons. The molecule has 0 bridgehead atoms. The number of nitrogens with zero attached hydrogens (tertiary/aromatic N) is 2. The molecule has 7 heteroatoms. The van der Waals surface area contributed by atoms with Crippen molar-refractivity contribution in [1.82, 2.24) is 4.90 Å². The summed E-state index contributed by atoms with van der Waals surface area (Å²) in [6.45, 7) is 0.260. The van der Waals surface area contributed by atoms with Crippen molar-refractivity contribution < 1.29 is 14.3 Å². The molecule has 1 saturated carbocycles. The van der Waals surface area contributed by atoms with E-state index in [1.807, 2.05) is 47.4 Å². The number of para-hydroxylation sites is 1. The fourth-order valence-electron chi connectivity index (χ4n) is 4.53. The van der Waals surface area contributed by atoms with Crippen LogP contribution in [0.25, 0.3) is 0 Å². The van der Waals surface area contributed by atoms with Crippen LogP contribution in [0.3, 0.4) is 0 Å². The van der Waals surface area contributed by atoms with Gasteiger partial charge in [-0.05, 0) is 66.9 Å². The Balaban J connectivity index is 1.48. The fourth-order valence-corrected chi connectivity index (χ4v) is 4.53. The fraction of sp³-hybridized carbons (Fsp3) is 0.276. The van der Waals surface area contributed by atoms with Gasteiger partial charge in [0.25, 0.3) is 11.8 Å². The summed E-state index contributed by atoms with van der Waals surface area (Å²) in [5.41, 5.74) is 9.01. The minimum atomic E-state index is -0.268. The highest BCUT2D eigenvalue weighted by Crippen LogP contribution is 2.26. The van der Waals surface area contributed by atoms with Crippen molar-refractivity contribution in [3.63, 3.8) is 0 Å². The molecule has 3 N–H and O–H groups in total. The molecule has 4 rings (SSSR count). The molecule has 1 aliphatic rings. The van der Waals surface area contributed by atoms with Crippen LogP contribution in [0.5, 0.6) is 5.75 Å². The number of nitrogens with two attached hydrogens (primary N) is 1. The first-order valence-electron chi connectivity index (χ1n) is 12.2. The van der Waals surface area contributed by atoms with Gasteiger partial charge in [0, 0.05) is 29.9 Å². The van der Waals surface area contributed by atoms with Crippen LogP contribution in [0.1, 0.15) is 47.2 Å². The van der Waals surface area contributed by atoms with E-state index in [1.165, 1.54) is 0 Å². The highest BCUT2D eigenvalue weighted by atomic mass is 16.5. The van der Waals surface area contributed by atoms with Crippen LogP contribution in [0.4, 0.5) is 5.69 Å². The summed E-state index contributed by atoms with van der Waals surface area (Å²) < 4.78 is 5.52. The highest BCUT2D eigenvalue weighted by Gasteiger charge is 2.31. The molecule has 0 aliphatic heterocycles. The zero-order valence-corrected chi connectivity index (χ0v) is 20.1. The first-order valence-corrected chi connectivity index (χ1v) is 12.2. The number of rotatable bonds is 8. The summed E-state index contributed by atoms with van der Waals surface area (Å²) in [4.78, 5) is 27.8. The van der Waals surface area contributed by atoms with Crippen molar-refractivity contribution in [2.75, 3.05) is 11.9 Å². The van der Waals surface area contributed by atoms with E-state index in [4.69, 9.17) is 15.7 Å². The summed E-state index contributed by atoms with van der Waals surface area (Å²) in [7, 11) is 0. The molecule has 0 saturated heterocycles. The average molecular weight is 483 g/mol. The summed E-state index contributed by atoms with van der Waals surface area (Å²) in [6.07, 6.45) is 3.80. The van der Waals surface area contributed by atoms with Crippen molar-refractivity contribution in [3.8, 4) is 11.8 Å². The van der Waals surface area contributed by atoms with E-state index in [2.05, 4.69) is 11.4 Å². The Kier molecular flexibility index (Phi) is 8.32. The van der Waals surface area contributed by atoms with Gasteiger partial charge in [0.2, 0.25) is 0 Å². The summed E-state index contributed by atoms with van der Waals surface area (Å²) >= 11 is 0. The summed E-state index contributed by atoms with van der Waals surface area (Å²) in [5.74, 6) is 0.241. The maximum atomic E-state index is 13.6. The molecule has 1 aliphatic carbocycles. The van der Waals surface area contributed by atoms with Crippen LogP contribution < -0.4 is 15.8 Å². The van der Waals surface area contributed by atoms with Gasteiger partial charge in [0.1, 0.15) is 5.75 Å². The Labute approximate surface area is 211 Å². The number of benzene rings is 3. The lowest BCUT2D eigenvalue weighted by Crippen LogP contribution is -2.51. The van der Waals surface area contributed by atoms with Gasteiger partial charge in [0.15, 0.2) is 6.61 Å². The lowest BCUT2D eigenvalue weighted by molar-refractivity contribution is -0.118. The van der Waals surface area contributed by atoms with E-state index < -0.39 is 0 Å². The Bertz CT molecular complexity index is 1220. The number of hydrogen-bond acceptors (Lipinski definition) is 5. The van der Waals surface area contributed by atoms with Gasteiger partial charge in [0.05, 0.1) is 11.6 Å². The zero-order chi connectivity index (χ0) is 25.3. The molecule has 3 aromatic rings. The molecule has 36 heavy (non-hydrogen) atoms. The lowest BCUT2D eigenvalue weighted by Gasteiger charge is -2.38. The van der Waals surface area contributed by atoms with Crippen molar-refractivity contribution in [2.24, 2.45) is 5.73 Å². The molecular weight excluding hydrogens is 452 g/mol. The smallest absolute Gasteiger partial charge is 0.262 e. The van der Waals surface area contributed by atoms with E-state index >= 15 is 0 Å². The molecule has 184 valence electrons. The Morgan fingerprint density at radius 2 is 1.75 bits per heavy atom. The molecule has 0 aromatic heterocycles. The van der Waals surface area contributed by atoms with E-state index in [0.29, 0.717) is 29.1 Å². The number of nitrogens with one attached hydrogen (secondary N) is 1. The lowest BCUT2D eigenvalue weighted by atomic mass is 9.89. The van der Waals surface area contributed by atoms with Gasteiger partial charge in [-0.3, -0.25) is 9.59 Å². The normalized spacial score (nSPS) is 17.0. The second kappa shape index (κ2) is 12.0. The Morgan fingerprint density at radius 3 is 2.47 bits per heavy atom. The Morgan fingerprint density at radius 1 is 1.00 bits per heavy atom. The number of ether oxygens (including phenoxy) is 1. The minimum absolute atomic E-state index is 0.0839. The molecule has 2 amide bonds. The molecule has 7 nitrogen and oxygen atoms in total. The summed E-state index contributed by atoms with van der Waals surface area (Å²) in [5, 5.41) is 12.0. The monoisotopic (exact) mass is 482 g/mol. The van der Waals surface area contributed by atoms with Crippen molar-refractivity contribution in [1.29, 1.82) is 5.26 Å². The van der Waals surface area contributed by atoms with Crippen molar-refractivity contribution in [2.45, 2.75) is 44.3 Å². The Hall–Kier alpha value is -4.15. The molecule has 3 aromatic carbocycles. The molecular formula is C29H30N4O3. The number of carbonyl (C=O) groups is 2. The highest BCUT2D eigenvalue weighted by molar-refractivity contribution is 5.95. The SMILES string of the molecule is N#Cc1ccc(C(=O)N(Cc2cccc(NC(=O)COc3ccccc3)c2)C2CCCCC2N)cc1. The van der Waals surface area contributed by atoms with Gasteiger partial charge in [-0.1, -0.05) is 43.2 Å². The standard InChI is InChI=1S/C29H30N4O3/c30-18-21-13-15-23(16-14-21)29(35)33(27-12-5-4-11-26(27)31)19-22-7-6-8-24(17-22)32-28(34)20-36-25-9-2-1-3-10-25/h1-3,6-10,13-17,26-27H,4-5,11-12,19-20,31H2,(H,32,34). The zero-order valence-electron chi connectivity index (χ0n) is 20.1. The predicted octanol–water partition coefficient (Wildman–Crippen LogP) is 4.49. The largest absolute Gasteiger partial charge is 0.484 e. The number of amides is 2. The van der Waals surface area contributed by atoms with E-state index in [-0.39, 0.29) is 30.5 Å². The maximum Gasteiger partial charge on any atom is 0.262 e. The summed E-state index contributed by atoms with van der Waals surface area (Å²) in [6, 6.07) is 25.2. The molecule has 0 spiro atoms. The van der Waals surface area contributed by atoms with E-state index in [9.17, 15) is 9.59 Å². The predicted molar refractivity (Wildman–Crippen MR) is 138 cm³/mol. The van der Waals surface area contributed by atoms with E-state index in [0.717, 1.165) is 31.2 Å². The van der Waals surface area contributed by atoms with Gasteiger partial charge < -0.3 is 20.7 Å². The van der Waals surface area contributed by atoms with Crippen LogP contribution in [0.2, 0.25) is 0 Å². The second-order valence-corrected chi connectivity index (χ2v) is 8.99. The van der Waals surface area contributed by atoms with Gasteiger partial charge in [-0.15, -0.1) is 0 Å². The van der Waals surface area contributed by atoms with Crippen LogP contribution in [0, 0.1) is 11.3 Å². The maximum absolute atomic E-state index is 13.6.